The van der Waals surface area contributed by atoms with Crippen molar-refractivity contribution in [2.45, 2.75) is 12.6 Å². The second-order valence-electron chi connectivity index (χ2n) is 4.04. The van der Waals surface area contributed by atoms with Crippen molar-refractivity contribution in [1.29, 1.82) is 0 Å². The number of carboxylic acid groups (broad SMARTS) is 1. The van der Waals surface area contributed by atoms with E-state index in [1.165, 1.54) is 12.0 Å². The van der Waals surface area contributed by atoms with E-state index in [-0.39, 0.29) is 12.5 Å². The molecule has 1 aliphatic rings. The molecule has 5 nitrogen and oxygen atoms in total. The first kappa shape index (κ1) is 13.0. The molecule has 0 bridgehead atoms. The normalized spacial score (nSPS) is 15.7. The van der Waals surface area contributed by atoms with Gasteiger partial charge < -0.3 is 14.7 Å². The van der Waals surface area contributed by atoms with E-state index in [1.54, 1.807) is 6.07 Å². The molecule has 96 valence electrons. The topological polar surface area (TPSA) is 66.8 Å². The lowest BCUT2D eigenvalue weighted by molar-refractivity contribution is -0.144. The zero-order valence-electron chi connectivity index (χ0n) is 9.72. The van der Waals surface area contributed by atoms with Crippen molar-refractivity contribution in [3.05, 3.63) is 33.8 Å². The van der Waals surface area contributed by atoms with Crippen LogP contribution >= 0.6 is 15.9 Å². The molecule has 0 radical (unpaired) electrons. The smallest absolute Gasteiger partial charge is 0.328 e. The lowest BCUT2D eigenvalue weighted by atomic mass is 10.1. The number of benzene rings is 1. The van der Waals surface area contributed by atoms with Crippen LogP contribution in [0.5, 0.6) is 0 Å². The Kier molecular flexibility index (Phi) is 3.68. The molecule has 18 heavy (non-hydrogen) atoms. The molecule has 0 saturated carbocycles. The number of hydrogen-bond donors (Lipinski definition) is 1. The number of fused-ring (bicyclic) bond motifs is 1. The van der Waals surface area contributed by atoms with E-state index >= 15 is 0 Å². The van der Waals surface area contributed by atoms with Gasteiger partial charge in [0.2, 0.25) is 0 Å². The van der Waals surface area contributed by atoms with Gasteiger partial charge in [-0.2, -0.15) is 0 Å². The number of carbonyl (C=O) groups excluding carboxylic acids is 1. The van der Waals surface area contributed by atoms with Crippen LogP contribution in [0.25, 0.3) is 0 Å². The molecular weight excluding hydrogens is 302 g/mol. The minimum atomic E-state index is -1.06. The van der Waals surface area contributed by atoms with Gasteiger partial charge in [-0.25, -0.2) is 4.79 Å². The molecular formula is C12H12BrNO4. The summed E-state index contributed by atoms with van der Waals surface area (Å²) in [5.41, 5.74) is 1.39. The van der Waals surface area contributed by atoms with E-state index in [1.807, 2.05) is 12.1 Å². The molecule has 2 rings (SSSR count). The van der Waals surface area contributed by atoms with Crippen molar-refractivity contribution in [1.82, 2.24) is 4.90 Å². The molecule has 1 heterocycles. The first-order valence-electron chi connectivity index (χ1n) is 5.35. The Morgan fingerprint density at radius 2 is 2.33 bits per heavy atom. The van der Waals surface area contributed by atoms with Gasteiger partial charge in [0.25, 0.3) is 5.91 Å². The molecule has 1 N–H and O–H groups in total. The average Bonchev–Trinajstić information content (AvgIpc) is 2.63. The SMILES string of the molecule is COCC(C(=O)O)N1Cc2ccc(Br)cc2C1=O. The van der Waals surface area contributed by atoms with Gasteiger partial charge in [-0.05, 0) is 17.7 Å². The quantitative estimate of drug-likeness (QED) is 0.915. The molecule has 1 amide bonds. The maximum absolute atomic E-state index is 12.2. The van der Waals surface area contributed by atoms with Gasteiger partial charge in [0.1, 0.15) is 0 Å². The standard InChI is InChI=1S/C12H12BrNO4/c1-18-6-10(12(16)17)14-5-7-2-3-8(13)4-9(7)11(14)15/h2-4,10H,5-6H2,1H3,(H,16,17). The number of ether oxygens (including phenoxy) is 1. The monoisotopic (exact) mass is 313 g/mol. The summed E-state index contributed by atoms with van der Waals surface area (Å²) in [6, 6.07) is 4.42. The zero-order valence-corrected chi connectivity index (χ0v) is 11.3. The van der Waals surface area contributed by atoms with E-state index in [9.17, 15) is 9.59 Å². The fourth-order valence-corrected chi connectivity index (χ4v) is 2.36. The first-order chi connectivity index (χ1) is 8.54. The molecule has 1 aromatic rings. The highest BCUT2D eigenvalue weighted by atomic mass is 79.9. The third kappa shape index (κ3) is 2.26. The predicted molar refractivity (Wildman–Crippen MR) is 67.3 cm³/mol. The Morgan fingerprint density at radius 3 is 2.94 bits per heavy atom. The minimum Gasteiger partial charge on any atom is -0.480 e. The summed E-state index contributed by atoms with van der Waals surface area (Å²) in [5.74, 6) is -1.33. The number of carboxylic acids is 1. The summed E-state index contributed by atoms with van der Waals surface area (Å²) in [6.07, 6.45) is 0. The highest BCUT2D eigenvalue weighted by molar-refractivity contribution is 9.10. The Hall–Kier alpha value is -1.40. The average molecular weight is 314 g/mol. The van der Waals surface area contributed by atoms with Crippen LogP contribution in [-0.4, -0.2) is 41.6 Å². The van der Waals surface area contributed by atoms with Crippen molar-refractivity contribution in [2.75, 3.05) is 13.7 Å². The number of halogens is 1. The summed E-state index contributed by atoms with van der Waals surface area (Å²) in [6.45, 7) is 0.290. The molecule has 0 fully saturated rings. The van der Waals surface area contributed by atoms with E-state index in [2.05, 4.69) is 15.9 Å². The summed E-state index contributed by atoms with van der Waals surface area (Å²) in [7, 11) is 1.42. The second kappa shape index (κ2) is 5.07. The molecule has 1 atom stereocenters. The minimum absolute atomic E-state index is 0.0176. The largest absolute Gasteiger partial charge is 0.480 e. The molecule has 0 saturated heterocycles. The van der Waals surface area contributed by atoms with Crippen LogP contribution in [0.1, 0.15) is 15.9 Å². The van der Waals surface area contributed by atoms with Crippen molar-refractivity contribution in [3.8, 4) is 0 Å². The van der Waals surface area contributed by atoms with Crippen LogP contribution < -0.4 is 0 Å². The Labute approximate surface area is 112 Å². The summed E-state index contributed by atoms with van der Waals surface area (Å²) in [5, 5.41) is 9.13. The number of hydrogen-bond acceptors (Lipinski definition) is 3. The van der Waals surface area contributed by atoms with Crippen LogP contribution in [0.3, 0.4) is 0 Å². The Morgan fingerprint density at radius 1 is 1.61 bits per heavy atom. The predicted octanol–water partition coefficient (Wildman–Crippen LogP) is 1.50. The maximum atomic E-state index is 12.2. The molecule has 0 aliphatic carbocycles. The molecule has 1 aliphatic heterocycles. The van der Waals surface area contributed by atoms with Gasteiger partial charge >= 0.3 is 5.97 Å². The van der Waals surface area contributed by atoms with Crippen molar-refractivity contribution < 1.29 is 19.4 Å². The highest BCUT2D eigenvalue weighted by Crippen LogP contribution is 2.27. The van der Waals surface area contributed by atoms with Crippen molar-refractivity contribution in [2.24, 2.45) is 0 Å². The first-order valence-corrected chi connectivity index (χ1v) is 6.15. The number of amides is 1. The van der Waals surface area contributed by atoms with E-state index in [0.29, 0.717) is 12.1 Å². The fraction of sp³-hybridized carbons (Fsp3) is 0.333. The third-order valence-electron chi connectivity index (χ3n) is 2.89. The summed E-state index contributed by atoms with van der Waals surface area (Å²) >= 11 is 3.30. The number of rotatable bonds is 4. The molecule has 6 heteroatoms. The van der Waals surface area contributed by atoms with Crippen LogP contribution in [0.4, 0.5) is 0 Å². The van der Waals surface area contributed by atoms with Gasteiger partial charge in [0.05, 0.1) is 6.61 Å². The van der Waals surface area contributed by atoms with E-state index in [0.717, 1.165) is 10.0 Å². The van der Waals surface area contributed by atoms with Gasteiger partial charge in [0.15, 0.2) is 6.04 Å². The molecule has 1 unspecified atom stereocenters. The van der Waals surface area contributed by atoms with Gasteiger partial charge in [-0.3, -0.25) is 4.79 Å². The Bertz CT molecular complexity index is 503. The number of aliphatic carboxylic acids is 1. The number of carbonyl (C=O) groups is 2. The zero-order chi connectivity index (χ0) is 13.3. The lowest BCUT2D eigenvalue weighted by Crippen LogP contribution is -2.44. The highest BCUT2D eigenvalue weighted by Gasteiger charge is 2.36. The van der Waals surface area contributed by atoms with Crippen LogP contribution in [0.15, 0.2) is 22.7 Å². The second-order valence-corrected chi connectivity index (χ2v) is 4.96. The number of methoxy groups -OCH3 is 1. The van der Waals surface area contributed by atoms with E-state index < -0.39 is 12.0 Å². The Balaban J connectivity index is 2.30. The molecule has 1 aromatic carbocycles. The maximum Gasteiger partial charge on any atom is 0.328 e. The van der Waals surface area contributed by atoms with Crippen LogP contribution in [0.2, 0.25) is 0 Å². The fourth-order valence-electron chi connectivity index (χ4n) is 2.00. The van der Waals surface area contributed by atoms with Crippen LogP contribution in [0, 0.1) is 0 Å². The lowest BCUT2D eigenvalue weighted by Gasteiger charge is -2.23. The number of nitrogens with zero attached hydrogens (tertiary/aromatic N) is 1. The third-order valence-corrected chi connectivity index (χ3v) is 3.38. The van der Waals surface area contributed by atoms with Gasteiger partial charge in [0, 0.05) is 23.7 Å². The van der Waals surface area contributed by atoms with Crippen molar-refractivity contribution in [3.63, 3.8) is 0 Å². The summed E-state index contributed by atoms with van der Waals surface area (Å²) < 4.78 is 5.67. The summed E-state index contributed by atoms with van der Waals surface area (Å²) in [4.78, 5) is 24.6. The van der Waals surface area contributed by atoms with Gasteiger partial charge in [-0.1, -0.05) is 22.0 Å². The van der Waals surface area contributed by atoms with Crippen LogP contribution in [-0.2, 0) is 16.1 Å². The van der Waals surface area contributed by atoms with E-state index in [4.69, 9.17) is 9.84 Å². The molecule has 0 spiro atoms. The molecule has 0 aromatic heterocycles. The van der Waals surface area contributed by atoms with Crippen molar-refractivity contribution >= 4 is 27.8 Å². The van der Waals surface area contributed by atoms with Gasteiger partial charge in [-0.15, -0.1) is 0 Å².